The van der Waals surface area contributed by atoms with E-state index >= 15 is 0 Å². The monoisotopic (exact) mass is 300 g/mol. The molecule has 1 N–H and O–H groups in total. The molecule has 112 valence electrons. The molecule has 2 rings (SSSR count). The Kier molecular flexibility index (Phi) is 4.20. The number of nitro benzene ring substituents is 1. The van der Waals surface area contributed by atoms with Crippen molar-refractivity contribution in [3.8, 4) is 0 Å². The van der Waals surface area contributed by atoms with E-state index in [1.807, 2.05) is 0 Å². The number of hydrogen-bond donors (Lipinski definition) is 1. The van der Waals surface area contributed by atoms with Crippen LogP contribution in [0.25, 0.3) is 10.9 Å². The van der Waals surface area contributed by atoms with Crippen molar-refractivity contribution in [1.82, 2.24) is 9.97 Å². The fraction of sp³-hybridized carbons (Fsp3) is 0.333. The third-order valence-electron chi connectivity index (χ3n) is 2.76. The Hall–Kier alpha value is -2.45. The number of halogens is 3. The van der Waals surface area contributed by atoms with E-state index < -0.39 is 17.5 Å². The number of nitrogens with zero attached hydrogens (tertiary/aromatic N) is 3. The molecule has 0 saturated carbocycles. The molecule has 1 heterocycles. The number of alkyl halides is 3. The second kappa shape index (κ2) is 5.90. The summed E-state index contributed by atoms with van der Waals surface area (Å²) < 4.78 is 36.1. The van der Waals surface area contributed by atoms with Crippen molar-refractivity contribution in [1.29, 1.82) is 0 Å². The van der Waals surface area contributed by atoms with Crippen LogP contribution in [0, 0.1) is 10.1 Å². The Morgan fingerprint density at radius 1 is 1.29 bits per heavy atom. The summed E-state index contributed by atoms with van der Waals surface area (Å²) in [6, 6.07) is 4.07. The molecule has 0 fully saturated rings. The van der Waals surface area contributed by atoms with Gasteiger partial charge in [0.1, 0.15) is 12.1 Å². The lowest BCUT2D eigenvalue weighted by molar-refractivity contribution is -0.384. The van der Waals surface area contributed by atoms with Gasteiger partial charge in [-0.2, -0.15) is 13.2 Å². The number of aromatic nitrogens is 2. The van der Waals surface area contributed by atoms with Crippen LogP contribution in [-0.2, 0) is 0 Å². The number of benzene rings is 1. The van der Waals surface area contributed by atoms with Gasteiger partial charge in [-0.25, -0.2) is 9.97 Å². The maximum Gasteiger partial charge on any atom is 0.389 e. The van der Waals surface area contributed by atoms with Gasteiger partial charge in [0.05, 0.1) is 10.4 Å². The smallest absolute Gasteiger partial charge is 0.369 e. The quantitative estimate of drug-likeness (QED) is 0.520. The van der Waals surface area contributed by atoms with Gasteiger partial charge in [0.15, 0.2) is 0 Å². The van der Waals surface area contributed by atoms with Crippen LogP contribution in [0.2, 0.25) is 0 Å². The SMILES string of the molecule is O=[N+]([O-])c1ccc2ncnc(NCCCC(F)(F)F)c2c1. The standard InChI is InChI=1S/C12H11F3N4O2/c13-12(14,15)4-1-5-16-11-9-6-8(19(20)21)2-3-10(9)17-7-18-11/h2-3,6-7H,1,4-5H2,(H,16,17,18). The molecule has 0 unspecified atom stereocenters. The summed E-state index contributed by atoms with van der Waals surface area (Å²) in [6.45, 7) is 0.0638. The average Bonchev–Trinajstić information content (AvgIpc) is 2.42. The van der Waals surface area contributed by atoms with Crippen LogP contribution in [0.15, 0.2) is 24.5 Å². The second-order valence-electron chi connectivity index (χ2n) is 4.33. The number of nitrogens with one attached hydrogen (secondary N) is 1. The first-order valence-electron chi connectivity index (χ1n) is 6.06. The van der Waals surface area contributed by atoms with Crippen LogP contribution >= 0.6 is 0 Å². The normalized spacial score (nSPS) is 11.6. The zero-order valence-electron chi connectivity index (χ0n) is 10.7. The largest absolute Gasteiger partial charge is 0.389 e. The fourth-order valence-electron chi connectivity index (χ4n) is 1.79. The molecule has 6 nitrogen and oxygen atoms in total. The van der Waals surface area contributed by atoms with Gasteiger partial charge in [0.2, 0.25) is 0 Å². The lowest BCUT2D eigenvalue weighted by atomic mass is 10.2. The highest BCUT2D eigenvalue weighted by molar-refractivity contribution is 5.90. The summed E-state index contributed by atoms with van der Waals surface area (Å²) in [7, 11) is 0. The van der Waals surface area contributed by atoms with E-state index in [0.29, 0.717) is 10.9 Å². The summed E-state index contributed by atoms with van der Waals surface area (Å²) in [4.78, 5) is 18.1. The van der Waals surface area contributed by atoms with E-state index in [1.54, 1.807) is 0 Å². The van der Waals surface area contributed by atoms with Crippen LogP contribution in [0.3, 0.4) is 0 Å². The molecule has 0 spiro atoms. The van der Waals surface area contributed by atoms with E-state index in [0.717, 1.165) is 0 Å². The van der Waals surface area contributed by atoms with Gasteiger partial charge in [0, 0.05) is 30.5 Å². The first-order chi connectivity index (χ1) is 9.87. The molecule has 0 saturated heterocycles. The molecule has 9 heteroatoms. The predicted molar refractivity (Wildman–Crippen MR) is 70.0 cm³/mol. The Labute approximate surface area is 117 Å². The number of fused-ring (bicyclic) bond motifs is 1. The lowest BCUT2D eigenvalue weighted by Gasteiger charge is -2.09. The Bertz CT molecular complexity index is 660. The molecule has 2 aromatic rings. The van der Waals surface area contributed by atoms with Crippen LogP contribution in [0.4, 0.5) is 24.7 Å². The summed E-state index contributed by atoms with van der Waals surface area (Å²) in [5.41, 5.74) is 0.351. The number of rotatable bonds is 5. The summed E-state index contributed by atoms with van der Waals surface area (Å²) in [5.74, 6) is 0.283. The van der Waals surface area contributed by atoms with Crippen molar-refractivity contribution in [2.45, 2.75) is 19.0 Å². The summed E-state index contributed by atoms with van der Waals surface area (Å²) >= 11 is 0. The average molecular weight is 300 g/mol. The van der Waals surface area contributed by atoms with Crippen molar-refractivity contribution >= 4 is 22.4 Å². The van der Waals surface area contributed by atoms with Gasteiger partial charge in [-0.1, -0.05) is 0 Å². The van der Waals surface area contributed by atoms with Crippen molar-refractivity contribution in [3.05, 3.63) is 34.6 Å². The molecule has 0 aliphatic heterocycles. The predicted octanol–water partition coefficient (Wildman–Crippen LogP) is 3.29. The van der Waals surface area contributed by atoms with Crippen molar-refractivity contribution in [2.24, 2.45) is 0 Å². The molecule has 1 aromatic heterocycles. The van der Waals surface area contributed by atoms with E-state index in [9.17, 15) is 23.3 Å². The Morgan fingerprint density at radius 2 is 2.05 bits per heavy atom. The van der Waals surface area contributed by atoms with Gasteiger partial charge < -0.3 is 5.32 Å². The molecule has 0 aliphatic carbocycles. The minimum Gasteiger partial charge on any atom is -0.369 e. The van der Waals surface area contributed by atoms with E-state index in [1.165, 1.54) is 24.5 Å². The van der Waals surface area contributed by atoms with E-state index in [2.05, 4.69) is 15.3 Å². The van der Waals surface area contributed by atoms with Crippen LogP contribution in [0.5, 0.6) is 0 Å². The van der Waals surface area contributed by atoms with Crippen LogP contribution < -0.4 is 5.32 Å². The summed E-state index contributed by atoms with van der Waals surface area (Å²) in [6.07, 6.45) is -3.96. The highest BCUT2D eigenvalue weighted by Gasteiger charge is 2.25. The van der Waals surface area contributed by atoms with E-state index in [-0.39, 0.29) is 24.5 Å². The Balaban J connectivity index is 2.15. The number of non-ortho nitro benzene ring substituents is 1. The minimum absolute atomic E-state index is 0.0638. The van der Waals surface area contributed by atoms with Gasteiger partial charge in [-0.15, -0.1) is 0 Å². The maximum absolute atomic E-state index is 12.0. The maximum atomic E-state index is 12.0. The first kappa shape index (κ1) is 14.9. The fourth-order valence-corrected chi connectivity index (χ4v) is 1.79. The minimum atomic E-state index is -4.20. The van der Waals surface area contributed by atoms with Gasteiger partial charge in [-0.05, 0) is 12.5 Å². The molecule has 0 radical (unpaired) electrons. The molecule has 1 aromatic carbocycles. The van der Waals surface area contributed by atoms with Crippen molar-refractivity contribution in [3.63, 3.8) is 0 Å². The molecule has 0 bridgehead atoms. The van der Waals surface area contributed by atoms with Crippen molar-refractivity contribution in [2.75, 3.05) is 11.9 Å². The number of hydrogen-bond acceptors (Lipinski definition) is 5. The number of anilines is 1. The lowest BCUT2D eigenvalue weighted by Crippen LogP contribution is -2.11. The molecule has 0 aliphatic rings. The van der Waals surface area contributed by atoms with Gasteiger partial charge >= 0.3 is 6.18 Å². The first-order valence-corrected chi connectivity index (χ1v) is 6.06. The van der Waals surface area contributed by atoms with Gasteiger partial charge in [-0.3, -0.25) is 10.1 Å². The highest BCUT2D eigenvalue weighted by Crippen LogP contribution is 2.25. The van der Waals surface area contributed by atoms with E-state index in [4.69, 9.17) is 0 Å². The molecular weight excluding hydrogens is 289 g/mol. The van der Waals surface area contributed by atoms with Gasteiger partial charge in [0.25, 0.3) is 5.69 Å². The topological polar surface area (TPSA) is 81.0 Å². The molecule has 0 atom stereocenters. The molecule has 0 amide bonds. The number of nitro groups is 1. The molecular formula is C12H11F3N4O2. The summed E-state index contributed by atoms with van der Waals surface area (Å²) in [5, 5.41) is 13.9. The molecule has 21 heavy (non-hydrogen) atoms. The Morgan fingerprint density at radius 3 is 2.71 bits per heavy atom. The third kappa shape index (κ3) is 4.01. The third-order valence-corrected chi connectivity index (χ3v) is 2.76. The second-order valence-corrected chi connectivity index (χ2v) is 4.33. The highest BCUT2D eigenvalue weighted by atomic mass is 19.4. The van der Waals surface area contributed by atoms with Crippen LogP contribution in [0.1, 0.15) is 12.8 Å². The van der Waals surface area contributed by atoms with Crippen molar-refractivity contribution < 1.29 is 18.1 Å². The van der Waals surface area contributed by atoms with Crippen LogP contribution in [-0.4, -0.2) is 27.6 Å². The zero-order chi connectivity index (χ0) is 15.5. The zero-order valence-corrected chi connectivity index (χ0v) is 10.7.